The van der Waals surface area contributed by atoms with Gasteiger partial charge >= 0.3 is 11.7 Å². The predicted molar refractivity (Wildman–Crippen MR) is 108 cm³/mol. The molecule has 0 aliphatic rings. The van der Waals surface area contributed by atoms with Crippen molar-refractivity contribution in [1.29, 1.82) is 0 Å². The fraction of sp³-hybridized carbons (Fsp3) is 0.238. The molecule has 8 nitrogen and oxygen atoms in total. The van der Waals surface area contributed by atoms with Gasteiger partial charge in [0.1, 0.15) is 12.1 Å². The molecule has 0 radical (unpaired) electrons. The normalized spacial score (nSPS) is 13.2. The van der Waals surface area contributed by atoms with Gasteiger partial charge in [-0.1, -0.05) is 56.3 Å². The quantitative estimate of drug-likeness (QED) is 0.584. The maximum absolute atomic E-state index is 13.1. The molecule has 2 unspecified atom stereocenters. The van der Waals surface area contributed by atoms with Crippen molar-refractivity contribution < 1.29 is 14.7 Å². The van der Waals surface area contributed by atoms with E-state index in [1.54, 1.807) is 68.4 Å². The first-order valence-electron chi connectivity index (χ1n) is 9.13. The smallest absolute Gasteiger partial charge is 0.329 e. The first-order valence-corrected chi connectivity index (χ1v) is 9.13. The van der Waals surface area contributed by atoms with E-state index in [9.17, 15) is 24.3 Å². The monoisotopic (exact) mass is 395 g/mol. The molecule has 0 bridgehead atoms. The van der Waals surface area contributed by atoms with Crippen molar-refractivity contribution in [3.63, 3.8) is 0 Å². The molecule has 1 heterocycles. The highest BCUT2D eigenvalue weighted by molar-refractivity contribution is 5.88. The molecule has 0 saturated carbocycles. The number of carboxylic acid groups (broad SMARTS) is 1. The largest absolute Gasteiger partial charge is 0.480 e. The fourth-order valence-corrected chi connectivity index (χ4v) is 3.21. The Morgan fingerprint density at radius 2 is 1.62 bits per heavy atom. The first kappa shape index (κ1) is 20.1. The second-order valence-corrected chi connectivity index (χ2v) is 7.03. The van der Waals surface area contributed by atoms with Crippen LogP contribution in [0.15, 0.2) is 64.2 Å². The Kier molecular flexibility index (Phi) is 5.63. The van der Waals surface area contributed by atoms with Crippen molar-refractivity contribution >= 4 is 22.8 Å². The zero-order valence-electron chi connectivity index (χ0n) is 16.0. The van der Waals surface area contributed by atoms with Gasteiger partial charge in [0.05, 0.1) is 10.9 Å². The molecule has 0 saturated heterocycles. The number of amides is 1. The van der Waals surface area contributed by atoms with Crippen molar-refractivity contribution in [3.05, 3.63) is 81.0 Å². The molecule has 3 rings (SSSR count). The van der Waals surface area contributed by atoms with Crippen LogP contribution in [0.25, 0.3) is 10.9 Å². The van der Waals surface area contributed by atoms with Crippen LogP contribution in [-0.2, 0) is 9.59 Å². The van der Waals surface area contributed by atoms with Gasteiger partial charge in [-0.25, -0.2) is 14.2 Å². The average molecular weight is 395 g/mol. The third-order valence-corrected chi connectivity index (χ3v) is 4.69. The number of H-pyrrole nitrogens is 1. The van der Waals surface area contributed by atoms with Gasteiger partial charge in [-0.2, -0.15) is 0 Å². The van der Waals surface area contributed by atoms with Gasteiger partial charge in [-0.15, -0.1) is 0 Å². The van der Waals surface area contributed by atoms with Gasteiger partial charge < -0.3 is 15.4 Å². The van der Waals surface area contributed by atoms with Gasteiger partial charge in [-0.3, -0.25) is 9.59 Å². The fourth-order valence-electron chi connectivity index (χ4n) is 3.21. The Labute approximate surface area is 165 Å². The number of rotatable bonds is 6. The third-order valence-electron chi connectivity index (χ3n) is 4.69. The number of benzene rings is 2. The lowest BCUT2D eigenvalue weighted by molar-refractivity contribution is -0.143. The topological polar surface area (TPSA) is 121 Å². The summed E-state index contributed by atoms with van der Waals surface area (Å²) < 4.78 is 0.826. The van der Waals surface area contributed by atoms with Crippen molar-refractivity contribution in [2.24, 2.45) is 5.92 Å². The molecular formula is C21H21N3O5. The number of fused-ring (bicyclic) bond motifs is 1. The van der Waals surface area contributed by atoms with E-state index >= 15 is 0 Å². The van der Waals surface area contributed by atoms with Gasteiger partial charge in [0.2, 0.25) is 5.91 Å². The van der Waals surface area contributed by atoms with E-state index in [-0.39, 0.29) is 11.3 Å². The summed E-state index contributed by atoms with van der Waals surface area (Å²) >= 11 is 0. The number of carbonyl (C=O) groups is 2. The summed E-state index contributed by atoms with van der Waals surface area (Å²) in [6.45, 7) is 3.32. The second kappa shape index (κ2) is 8.14. The van der Waals surface area contributed by atoms with E-state index in [0.29, 0.717) is 11.1 Å². The van der Waals surface area contributed by atoms with Crippen molar-refractivity contribution in [2.45, 2.75) is 25.9 Å². The number of hydrogen-bond donors (Lipinski definition) is 3. The van der Waals surface area contributed by atoms with Crippen LogP contribution in [0.5, 0.6) is 0 Å². The Hall–Kier alpha value is -3.68. The highest BCUT2D eigenvalue weighted by atomic mass is 16.4. The average Bonchev–Trinajstić information content (AvgIpc) is 2.69. The molecule has 1 aromatic heterocycles. The summed E-state index contributed by atoms with van der Waals surface area (Å²) in [6.07, 6.45) is 0. The van der Waals surface area contributed by atoms with Crippen LogP contribution in [0, 0.1) is 5.92 Å². The summed E-state index contributed by atoms with van der Waals surface area (Å²) in [6, 6.07) is 12.3. The number of aromatic amines is 1. The molecule has 0 aliphatic carbocycles. The van der Waals surface area contributed by atoms with E-state index in [1.165, 1.54) is 0 Å². The number of aromatic nitrogens is 2. The standard InChI is InChI=1S/C21H21N3O5/c1-12(2)16(20(27)28)23-18(25)17(13-8-4-3-5-9-13)24-19(26)14-10-6-7-11-15(14)22-21(24)29/h3-12,16-17H,1-2H3,(H,22,29)(H,23,25)(H,27,28). The van der Waals surface area contributed by atoms with Crippen LogP contribution in [0.3, 0.4) is 0 Å². The van der Waals surface area contributed by atoms with E-state index in [0.717, 1.165) is 4.57 Å². The van der Waals surface area contributed by atoms with E-state index < -0.39 is 35.2 Å². The summed E-state index contributed by atoms with van der Waals surface area (Å²) in [5.74, 6) is -2.33. The number of nitrogens with one attached hydrogen (secondary N) is 2. The predicted octanol–water partition coefficient (Wildman–Crippen LogP) is 1.50. The first-order chi connectivity index (χ1) is 13.8. The van der Waals surface area contributed by atoms with Gasteiger partial charge in [0.25, 0.3) is 5.56 Å². The molecule has 29 heavy (non-hydrogen) atoms. The van der Waals surface area contributed by atoms with Crippen LogP contribution < -0.4 is 16.6 Å². The minimum Gasteiger partial charge on any atom is -0.480 e. The van der Waals surface area contributed by atoms with E-state index in [4.69, 9.17) is 0 Å². The zero-order chi connectivity index (χ0) is 21.1. The summed E-state index contributed by atoms with van der Waals surface area (Å²) in [5.41, 5.74) is -0.642. The molecule has 8 heteroatoms. The van der Waals surface area contributed by atoms with Crippen LogP contribution in [0.4, 0.5) is 0 Å². The lowest BCUT2D eigenvalue weighted by atomic mass is 10.0. The number of para-hydroxylation sites is 1. The lowest BCUT2D eigenvalue weighted by Crippen LogP contribution is -2.50. The molecule has 0 aliphatic heterocycles. The van der Waals surface area contributed by atoms with Crippen molar-refractivity contribution in [3.8, 4) is 0 Å². The van der Waals surface area contributed by atoms with Crippen molar-refractivity contribution in [1.82, 2.24) is 14.9 Å². The van der Waals surface area contributed by atoms with Crippen LogP contribution in [-0.4, -0.2) is 32.6 Å². The molecule has 3 N–H and O–H groups in total. The Morgan fingerprint density at radius 1 is 1.00 bits per heavy atom. The Balaban J connectivity index is 2.19. The molecular weight excluding hydrogens is 374 g/mol. The number of nitrogens with zero attached hydrogens (tertiary/aromatic N) is 1. The molecule has 150 valence electrons. The molecule has 2 atom stereocenters. The van der Waals surface area contributed by atoms with Crippen LogP contribution in [0.1, 0.15) is 25.5 Å². The Bertz CT molecular complexity index is 1160. The maximum atomic E-state index is 13.1. The summed E-state index contributed by atoms with van der Waals surface area (Å²) in [7, 11) is 0. The molecule has 2 aromatic carbocycles. The number of carboxylic acids is 1. The van der Waals surface area contributed by atoms with Crippen molar-refractivity contribution in [2.75, 3.05) is 0 Å². The SMILES string of the molecule is CC(C)C(NC(=O)C(c1ccccc1)n1c(=O)[nH]c2ccccc2c1=O)C(=O)O. The third kappa shape index (κ3) is 3.96. The highest BCUT2D eigenvalue weighted by Gasteiger charge is 2.31. The lowest BCUT2D eigenvalue weighted by Gasteiger charge is -2.23. The second-order valence-electron chi connectivity index (χ2n) is 7.03. The van der Waals surface area contributed by atoms with E-state index in [2.05, 4.69) is 10.3 Å². The van der Waals surface area contributed by atoms with Gasteiger partial charge in [0.15, 0.2) is 0 Å². The summed E-state index contributed by atoms with van der Waals surface area (Å²) in [4.78, 5) is 53.1. The minimum absolute atomic E-state index is 0.250. The molecule has 3 aromatic rings. The summed E-state index contributed by atoms with van der Waals surface area (Å²) in [5, 5.41) is 12.1. The van der Waals surface area contributed by atoms with Crippen LogP contribution >= 0.6 is 0 Å². The maximum Gasteiger partial charge on any atom is 0.329 e. The number of aliphatic carboxylic acids is 1. The van der Waals surface area contributed by atoms with Gasteiger partial charge in [0, 0.05) is 0 Å². The number of hydrogen-bond acceptors (Lipinski definition) is 4. The Morgan fingerprint density at radius 3 is 2.24 bits per heavy atom. The van der Waals surface area contributed by atoms with Crippen LogP contribution in [0.2, 0.25) is 0 Å². The zero-order valence-corrected chi connectivity index (χ0v) is 16.0. The number of carbonyl (C=O) groups excluding carboxylic acids is 1. The minimum atomic E-state index is -1.32. The molecule has 1 amide bonds. The molecule has 0 fully saturated rings. The van der Waals surface area contributed by atoms with Gasteiger partial charge in [-0.05, 0) is 23.6 Å². The molecule has 0 spiro atoms. The highest BCUT2D eigenvalue weighted by Crippen LogP contribution is 2.17. The van der Waals surface area contributed by atoms with E-state index in [1.807, 2.05) is 0 Å².